The summed E-state index contributed by atoms with van der Waals surface area (Å²) in [7, 11) is 0. The minimum atomic E-state index is -4.74. The second kappa shape index (κ2) is 12.5. The monoisotopic (exact) mass is 526 g/mol. The van der Waals surface area contributed by atoms with Crippen LogP contribution in [0, 0.1) is 11.6 Å². The molecule has 0 saturated carbocycles. The molecule has 0 saturated heterocycles. The number of aromatic nitrogens is 2. The fraction of sp³-hybridized carbons (Fsp3) is 0.355. The van der Waals surface area contributed by atoms with E-state index in [-0.39, 0.29) is 18.7 Å². The molecular formula is C31H31F5N2. The first kappa shape index (κ1) is 27.7. The summed E-state index contributed by atoms with van der Waals surface area (Å²) in [5.74, 6) is -0.895. The van der Waals surface area contributed by atoms with Crippen LogP contribution in [-0.2, 0) is 38.3 Å². The Morgan fingerprint density at radius 3 is 2.11 bits per heavy atom. The van der Waals surface area contributed by atoms with Gasteiger partial charge in [-0.25, -0.2) is 18.7 Å². The van der Waals surface area contributed by atoms with Crippen molar-refractivity contribution in [2.24, 2.45) is 0 Å². The Balaban J connectivity index is 1.36. The molecule has 4 aromatic rings. The highest BCUT2D eigenvalue weighted by Gasteiger charge is 2.33. The SMILES string of the molecule is CCCCCCc1cnc(CCc2ccc3c(F)c(CCc4ccc(C(F)(F)F)c(F)c4)ccc3c2)nc1. The molecule has 4 rings (SSSR count). The van der Waals surface area contributed by atoms with Gasteiger partial charge < -0.3 is 0 Å². The van der Waals surface area contributed by atoms with Crippen molar-refractivity contribution in [1.29, 1.82) is 0 Å². The molecule has 200 valence electrons. The number of unbranched alkanes of at least 4 members (excludes halogenated alkanes) is 3. The van der Waals surface area contributed by atoms with Crippen molar-refractivity contribution in [3.63, 3.8) is 0 Å². The molecule has 0 fully saturated rings. The molecular weight excluding hydrogens is 495 g/mol. The quantitative estimate of drug-likeness (QED) is 0.144. The van der Waals surface area contributed by atoms with Crippen LogP contribution in [-0.4, -0.2) is 9.97 Å². The first-order chi connectivity index (χ1) is 18.2. The maximum Gasteiger partial charge on any atom is 0.419 e. The van der Waals surface area contributed by atoms with E-state index in [4.69, 9.17) is 0 Å². The minimum Gasteiger partial charge on any atom is -0.241 e. The highest BCUT2D eigenvalue weighted by Crippen LogP contribution is 2.32. The van der Waals surface area contributed by atoms with Crippen molar-refractivity contribution in [2.45, 2.75) is 70.9 Å². The van der Waals surface area contributed by atoms with Crippen molar-refractivity contribution >= 4 is 10.8 Å². The first-order valence-electron chi connectivity index (χ1n) is 13.1. The van der Waals surface area contributed by atoms with Gasteiger partial charge in [0.15, 0.2) is 0 Å². The van der Waals surface area contributed by atoms with Gasteiger partial charge >= 0.3 is 6.18 Å². The Kier molecular flexibility index (Phi) is 9.08. The summed E-state index contributed by atoms with van der Waals surface area (Å²) in [6.07, 6.45) is 6.81. The van der Waals surface area contributed by atoms with Gasteiger partial charge in [0.05, 0.1) is 5.56 Å². The van der Waals surface area contributed by atoms with Crippen LogP contribution in [0.15, 0.2) is 60.9 Å². The number of nitrogens with zero attached hydrogens (tertiary/aromatic N) is 2. The summed E-state index contributed by atoms with van der Waals surface area (Å²) in [6, 6.07) is 12.0. The van der Waals surface area contributed by atoms with Gasteiger partial charge in [-0.1, -0.05) is 62.6 Å². The molecule has 0 bridgehead atoms. The van der Waals surface area contributed by atoms with E-state index in [2.05, 4.69) is 16.9 Å². The van der Waals surface area contributed by atoms with Crippen molar-refractivity contribution in [1.82, 2.24) is 9.97 Å². The van der Waals surface area contributed by atoms with Crippen molar-refractivity contribution in [3.8, 4) is 0 Å². The number of alkyl halides is 3. The molecule has 0 atom stereocenters. The highest BCUT2D eigenvalue weighted by atomic mass is 19.4. The maximum atomic E-state index is 15.2. The van der Waals surface area contributed by atoms with Gasteiger partial charge in [0.25, 0.3) is 0 Å². The lowest BCUT2D eigenvalue weighted by atomic mass is 9.97. The second-order valence-electron chi connectivity index (χ2n) is 9.72. The van der Waals surface area contributed by atoms with E-state index in [1.165, 1.54) is 25.3 Å². The van der Waals surface area contributed by atoms with Crippen molar-refractivity contribution in [2.75, 3.05) is 0 Å². The zero-order valence-electron chi connectivity index (χ0n) is 21.4. The Labute approximate surface area is 220 Å². The van der Waals surface area contributed by atoms with E-state index in [0.717, 1.165) is 53.7 Å². The molecule has 0 spiro atoms. The van der Waals surface area contributed by atoms with Crippen LogP contribution in [0.25, 0.3) is 10.8 Å². The molecule has 2 nitrogen and oxygen atoms in total. The number of hydrogen-bond donors (Lipinski definition) is 0. The number of fused-ring (bicyclic) bond motifs is 1. The predicted molar refractivity (Wildman–Crippen MR) is 140 cm³/mol. The van der Waals surface area contributed by atoms with Gasteiger partial charge in [-0.15, -0.1) is 0 Å². The Hall–Kier alpha value is -3.35. The van der Waals surface area contributed by atoms with Crippen molar-refractivity contribution < 1.29 is 22.0 Å². The number of halogens is 5. The minimum absolute atomic E-state index is 0.229. The number of rotatable bonds is 11. The largest absolute Gasteiger partial charge is 0.419 e. The van der Waals surface area contributed by atoms with Crippen LogP contribution in [0.4, 0.5) is 22.0 Å². The van der Waals surface area contributed by atoms with Gasteiger partial charge in [-0.2, -0.15) is 13.2 Å². The lowest BCUT2D eigenvalue weighted by Gasteiger charge is -2.11. The highest BCUT2D eigenvalue weighted by molar-refractivity contribution is 5.84. The van der Waals surface area contributed by atoms with Gasteiger partial charge in [0.2, 0.25) is 0 Å². The van der Waals surface area contributed by atoms with E-state index < -0.39 is 17.6 Å². The van der Waals surface area contributed by atoms with E-state index in [1.807, 2.05) is 30.6 Å². The molecule has 1 heterocycles. The standard InChI is InChI=1S/C31H31F5N2/c1-2-3-4-5-6-23-19-37-29(38-20-23)16-10-21-8-14-26-25(17-21)13-12-24(30(26)33)11-7-22-9-15-27(28(32)18-22)31(34,35)36/h8-9,12-15,17-20H,2-7,10-11,16H2,1H3. The molecule has 0 radical (unpaired) electrons. The fourth-order valence-corrected chi connectivity index (χ4v) is 4.61. The Morgan fingerprint density at radius 1 is 0.684 bits per heavy atom. The molecule has 0 aliphatic heterocycles. The van der Waals surface area contributed by atoms with Crippen LogP contribution in [0.2, 0.25) is 0 Å². The molecule has 0 unspecified atom stereocenters. The average Bonchev–Trinajstić information content (AvgIpc) is 2.89. The summed E-state index contributed by atoms with van der Waals surface area (Å²) < 4.78 is 67.3. The van der Waals surface area contributed by atoms with E-state index in [9.17, 15) is 17.6 Å². The lowest BCUT2D eigenvalue weighted by molar-refractivity contribution is -0.140. The predicted octanol–water partition coefficient (Wildman–Crippen LogP) is 8.62. The summed E-state index contributed by atoms with van der Waals surface area (Å²) in [5, 5.41) is 1.25. The van der Waals surface area contributed by atoms with Crippen LogP contribution in [0.1, 0.15) is 66.2 Å². The van der Waals surface area contributed by atoms with Gasteiger partial charge in [0, 0.05) is 24.2 Å². The van der Waals surface area contributed by atoms with E-state index in [1.54, 1.807) is 12.1 Å². The van der Waals surface area contributed by atoms with Crippen LogP contribution < -0.4 is 0 Å². The second-order valence-corrected chi connectivity index (χ2v) is 9.72. The summed E-state index contributed by atoms with van der Waals surface area (Å²) in [6.45, 7) is 2.20. The molecule has 0 N–H and O–H groups in total. The molecule has 0 aliphatic rings. The van der Waals surface area contributed by atoms with Gasteiger partial charge in [-0.3, -0.25) is 0 Å². The summed E-state index contributed by atoms with van der Waals surface area (Å²) >= 11 is 0. The van der Waals surface area contributed by atoms with Crippen LogP contribution in [0.3, 0.4) is 0 Å². The third-order valence-electron chi connectivity index (χ3n) is 6.84. The molecule has 3 aromatic carbocycles. The van der Waals surface area contributed by atoms with E-state index >= 15 is 4.39 Å². The summed E-state index contributed by atoms with van der Waals surface area (Å²) in [5.41, 5.74) is 1.74. The number of aryl methyl sites for hydroxylation is 5. The van der Waals surface area contributed by atoms with E-state index in [0.29, 0.717) is 22.9 Å². The first-order valence-corrected chi connectivity index (χ1v) is 13.1. The lowest BCUT2D eigenvalue weighted by Crippen LogP contribution is -2.08. The number of hydrogen-bond acceptors (Lipinski definition) is 2. The van der Waals surface area contributed by atoms with Crippen LogP contribution >= 0.6 is 0 Å². The van der Waals surface area contributed by atoms with Crippen LogP contribution in [0.5, 0.6) is 0 Å². The van der Waals surface area contributed by atoms with Gasteiger partial charge in [0.1, 0.15) is 17.5 Å². The zero-order valence-corrected chi connectivity index (χ0v) is 21.4. The molecule has 7 heteroatoms. The molecule has 38 heavy (non-hydrogen) atoms. The third kappa shape index (κ3) is 7.15. The molecule has 1 aromatic heterocycles. The number of benzene rings is 3. The maximum absolute atomic E-state index is 15.2. The topological polar surface area (TPSA) is 25.8 Å². The molecule has 0 aliphatic carbocycles. The smallest absolute Gasteiger partial charge is 0.241 e. The molecule has 0 amide bonds. The average molecular weight is 527 g/mol. The fourth-order valence-electron chi connectivity index (χ4n) is 4.61. The zero-order chi connectivity index (χ0) is 27.1. The van der Waals surface area contributed by atoms with Crippen molar-refractivity contribution in [3.05, 3.63) is 106 Å². The summed E-state index contributed by atoms with van der Waals surface area (Å²) in [4.78, 5) is 9.00. The Morgan fingerprint density at radius 2 is 1.39 bits per heavy atom. The van der Waals surface area contributed by atoms with Gasteiger partial charge in [-0.05, 0) is 71.9 Å². The normalized spacial score (nSPS) is 11.8. The third-order valence-corrected chi connectivity index (χ3v) is 6.84. The Bertz CT molecular complexity index is 1360.